The number of hydrogen-bond acceptors (Lipinski definition) is 5. The minimum atomic E-state index is -0.316. The lowest BCUT2D eigenvalue weighted by molar-refractivity contribution is -0.141. The quantitative estimate of drug-likeness (QED) is 0.587. The summed E-state index contributed by atoms with van der Waals surface area (Å²) in [5, 5.41) is 3.20. The van der Waals surface area contributed by atoms with Crippen molar-refractivity contribution in [3.05, 3.63) is 24.3 Å². The van der Waals surface area contributed by atoms with Crippen molar-refractivity contribution in [3.8, 4) is 5.75 Å². The number of thioether (sulfide) groups is 1. The van der Waals surface area contributed by atoms with E-state index in [1.165, 1.54) is 7.11 Å². The summed E-state index contributed by atoms with van der Waals surface area (Å²) in [7, 11) is 3.03. The van der Waals surface area contributed by atoms with Crippen LogP contribution in [0.2, 0.25) is 0 Å². The van der Waals surface area contributed by atoms with E-state index in [0.717, 1.165) is 30.0 Å². The Morgan fingerprint density at radius 3 is 2.84 bits per heavy atom. The highest BCUT2D eigenvalue weighted by Crippen LogP contribution is 2.19. The summed E-state index contributed by atoms with van der Waals surface area (Å²) in [6.45, 7) is 0. The smallest absolute Gasteiger partial charge is 0.328 e. The maximum Gasteiger partial charge on any atom is 0.328 e. The molecule has 0 amide bonds. The molecule has 0 fully saturated rings. The highest BCUT2D eigenvalue weighted by Gasteiger charge is 2.18. The van der Waals surface area contributed by atoms with E-state index in [1.54, 1.807) is 18.9 Å². The molecule has 0 aliphatic rings. The highest BCUT2D eigenvalue weighted by atomic mass is 32.2. The third kappa shape index (κ3) is 5.42. The maximum absolute atomic E-state index is 11.7. The SMILES string of the molecule is COC(=O)C(CCCSC)Nc1cccc(OC)c1. The van der Waals surface area contributed by atoms with Crippen LogP contribution in [-0.4, -0.2) is 38.2 Å². The second-order valence-corrected chi connectivity index (χ2v) is 5.07. The van der Waals surface area contributed by atoms with Gasteiger partial charge in [-0.3, -0.25) is 0 Å². The van der Waals surface area contributed by atoms with Crippen LogP contribution in [0.1, 0.15) is 12.8 Å². The van der Waals surface area contributed by atoms with Gasteiger partial charge in [0, 0.05) is 11.8 Å². The molecular weight excluding hydrogens is 262 g/mol. The van der Waals surface area contributed by atoms with Crippen molar-refractivity contribution in [2.75, 3.05) is 31.5 Å². The van der Waals surface area contributed by atoms with Gasteiger partial charge >= 0.3 is 5.97 Å². The van der Waals surface area contributed by atoms with E-state index in [-0.39, 0.29) is 12.0 Å². The van der Waals surface area contributed by atoms with Gasteiger partial charge in [-0.1, -0.05) is 6.07 Å². The number of nitrogens with one attached hydrogen (secondary N) is 1. The Hall–Kier alpha value is -1.36. The first-order valence-electron chi connectivity index (χ1n) is 6.18. The van der Waals surface area contributed by atoms with Crippen molar-refractivity contribution in [1.29, 1.82) is 0 Å². The second kappa shape index (κ2) is 8.69. The second-order valence-electron chi connectivity index (χ2n) is 4.09. The predicted octanol–water partition coefficient (Wildman–Crippen LogP) is 2.79. The van der Waals surface area contributed by atoms with Crippen LogP contribution in [0.5, 0.6) is 5.75 Å². The zero-order valence-electron chi connectivity index (χ0n) is 11.6. The van der Waals surface area contributed by atoms with Gasteiger partial charge in [-0.2, -0.15) is 11.8 Å². The number of methoxy groups -OCH3 is 2. The van der Waals surface area contributed by atoms with Crippen LogP contribution in [0.4, 0.5) is 5.69 Å². The third-order valence-corrected chi connectivity index (χ3v) is 3.43. The van der Waals surface area contributed by atoms with Gasteiger partial charge in [-0.15, -0.1) is 0 Å². The Labute approximate surface area is 118 Å². The summed E-state index contributed by atoms with van der Waals surface area (Å²) in [6.07, 6.45) is 3.78. The van der Waals surface area contributed by atoms with E-state index in [9.17, 15) is 4.79 Å². The molecule has 4 nitrogen and oxygen atoms in total. The number of benzene rings is 1. The lowest BCUT2D eigenvalue weighted by Gasteiger charge is -2.17. The fourth-order valence-corrected chi connectivity index (χ4v) is 2.19. The van der Waals surface area contributed by atoms with Gasteiger partial charge in [-0.05, 0) is 37.0 Å². The van der Waals surface area contributed by atoms with Crippen molar-refractivity contribution in [2.45, 2.75) is 18.9 Å². The average molecular weight is 283 g/mol. The zero-order valence-corrected chi connectivity index (χ0v) is 12.5. The van der Waals surface area contributed by atoms with Gasteiger partial charge in [-0.25, -0.2) is 4.79 Å². The fourth-order valence-electron chi connectivity index (χ4n) is 1.74. The predicted molar refractivity (Wildman–Crippen MR) is 80.0 cm³/mol. The molecule has 5 heteroatoms. The third-order valence-electron chi connectivity index (χ3n) is 2.74. The molecule has 1 unspecified atom stereocenters. The Balaban J connectivity index is 2.66. The molecular formula is C14H21NO3S. The van der Waals surface area contributed by atoms with E-state index < -0.39 is 0 Å². The van der Waals surface area contributed by atoms with Gasteiger partial charge in [0.1, 0.15) is 11.8 Å². The first kappa shape index (κ1) is 15.7. The van der Waals surface area contributed by atoms with Crippen LogP contribution in [0.25, 0.3) is 0 Å². The standard InChI is InChI=1S/C14H21NO3S/c1-17-12-7-4-6-11(10-12)15-13(14(16)18-2)8-5-9-19-3/h4,6-7,10,13,15H,5,8-9H2,1-3H3. The number of ether oxygens (including phenoxy) is 2. The molecule has 1 aromatic carbocycles. The van der Waals surface area contributed by atoms with E-state index in [2.05, 4.69) is 11.6 Å². The number of esters is 1. The number of carbonyl (C=O) groups excluding carboxylic acids is 1. The minimum absolute atomic E-state index is 0.232. The summed E-state index contributed by atoms with van der Waals surface area (Å²) < 4.78 is 9.99. The number of hydrogen-bond donors (Lipinski definition) is 1. The molecule has 1 atom stereocenters. The van der Waals surface area contributed by atoms with Crippen molar-refractivity contribution in [3.63, 3.8) is 0 Å². The van der Waals surface area contributed by atoms with E-state index >= 15 is 0 Å². The Morgan fingerprint density at radius 1 is 1.42 bits per heavy atom. The molecule has 0 saturated heterocycles. The summed E-state index contributed by atoms with van der Waals surface area (Å²) in [6, 6.07) is 7.21. The Bertz CT molecular complexity index is 398. The lowest BCUT2D eigenvalue weighted by Crippen LogP contribution is -2.30. The van der Waals surface area contributed by atoms with Gasteiger partial charge < -0.3 is 14.8 Å². The highest BCUT2D eigenvalue weighted by molar-refractivity contribution is 7.98. The van der Waals surface area contributed by atoms with Crippen LogP contribution < -0.4 is 10.1 Å². The van der Waals surface area contributed by atoms with E-state index in [0.29, 0.717) is 0 Å². The molecule has 0 bridgehead atoms. The van der Waals surface area contributed by atoms with Crippen molar-refractivity contribution < 1.29 is 14.3 Å². The topological polar surface area (TPSA) is 47.6 Å². The Morgan fingerprint density at radius 2 is 2.21 bits per heavy atom. The van der Waals surface area contributed by atoms with Crippen LogP contribution in [0.3, 0.4) is 0 Å². The summed E-state index contributed by atoms with van der Waals surface area (Å²) in [4.78, 5) is 11.7. The van der Waals surface area contributed by atoms with Crippen molar-refractivity contribution in [1.82, 2.24) is 0 Å². The Kier molecular flexibility index (Phi) is 7.18. The molecule has 0 saturated carbocycles. The van der Waals surface area contributed by atoms with Crippen molar-refractivity contribution in [2.24, 2.45) is 0 Å². The number of anilines is 1. The summed E-state index contributed by atoms with van der Waals surface area (Å²) in [5.74, 6) is 1.56. The molecule has 19 heavy (non-hydrogen) atoms. The minimum Gasteiger partial charge on any atom is -0.497 e. The van der Waals surface area contributed by atoms with Crippen LogP contribution in [-0.2, 0) is 9.53 Å². The van der Waals surface area contributed by atoms with Crippen LogP contribution in [0.15, 0.2) is 24.3 Å². The van der Waals surface area contributed by atoms with Gasteiger partial charge in [0.25, 0.3) is 0 Å². The molecule has 1 rings (SSSR count). The van der Waals surface area contributed by atoms with Crippen LogP contribution in [0, 0.1) is 0 Å². The molecule has 0 radical (unpaired) electrons. The van der Waals surface area contributed by atoms with Gasteiger partial charge in [0.05, 0.1) is 14.2 Å². The largest absolute Gasteiger partial charge is 0.497 e. The molecule has 1 N–H and O–H groups in total. The van der Waals surface area contributed by atoms with Gasteiger partial charge in [0.15, 0.2) is 0 Å². The molecule has 0 aliphatic heterocycles. The number of carbonyl (C=O) groups is 1. The van der Waals surface area contributed by atoms with E-state index in [1.807, 2.05) is 24.3 Å². The van der Waals surface area contributed by atoms with Crippen LogP contribution >= 0.6 is 11.8 Å². The average Bonchev–Trinajstić information content (AvgIpc) is 2.45. The normalized spacial score (nSPS) is 11.7. The first-order chi connectivity index (χ1) is 9.21. The molecule has 1 aromatic rings. The molecule has 0 heterocycles. The monoisotopic (exact) mass is 283 g/mol. The maximum atomic E-state index is 11.7. The first-order valence-corrected chi connectivity index (χ1v) is 7.58. The molecule has 0 aromatic heterocycles. The summed E-state index contributed by atoms with van der Waals surface area (Å²) in [5.41, 5.74) is 0.860. The van der Waals surface area contributed by atoms with Gasteiger partial charge in [0.2, 0.25) is 0 Å². The van der Waals surface area contributed by atoms with E-state index in [4.69, 9.17) is 9.47 Å². The number of rotatable bonds is 8. The molecule has 106 valence electrons. The molecule has 0 spiro atoms. The summed E-state index contributed by atoms with van der Waals surface area (Å²) >= 11 is 1.78. The lowest BCUT2D eigenvalue weighted by atomic mass is 10.1. The fraction of sp³-hybridized carbons (Fsp3) is 0.500. The zero-order chi connectivity index (χ0) is 14.1. The van der Waals surface area contributed by atoms with Crippen molar-refractivity contribution >= 4 is 23.4 Å². The molecule has 0 aliphatic carbocycles.